The van der Waals surface area contributed by atoms with Crippen molar-refractivity contribution in [3.05, 3.63) is 30.6 Å². The number of anilines is 1. The van der Waals surface area contributed by atoms with Gasteiger partial charge >= 0.3 is 0 Å². The van der Waals surface area contributed by atoms with E-state index in [1.165, 1.54) is 0 Å². The normalized spacial score (nSPS) is 15.2. The van der Waals surface area contributed by atoms with Gasteiger partial charge in [-0.1, -0.05) is 0 Å². The number of aromatic nitrogens is 4. The first-order chi connectivity index (χ1) is 9.72. The van der Waals surface area contributed by atoms with Gasteiger partial charge < -0.3 is 19.8 Å². The third-order valence-corrected chi connectivity index (χ3v) is 3.29. The highest BCUT2D eigenvalue weighted by Crippen LogP contribution is 2.14. The minimum absolute atomic E-state index is 0.0170. The first kappa shape index (κ1) is 12.7. The fourth-order valence-corrected chi connectivity index (χ4v) is 2.34. The molecule has 1 unspecified atom stereocenters. The summed E-state index contributed by atoms with van der Waals surface area (Å²) >= 11 is 0. The van der Waals surface area contributed by atoms with E-state index in [1.807, 2.05) is 22.3 Å². The third kappa shape index (κ3) is 2.66. The second kappa shape index (κ2) is 5.36. The summed E-state index contributed by atoms with van der Waals surface area (Å²) in [4.78, 5) is 20.5. The molecule has 7 nitrogen and oxygen atoms in total. The van der Waals surface area contributed by atoms with Gasteiger partial charge in [-0.2, -0.15) is 0 Å². The molecule has 1 aliphatic heterocycles. The van der Waals surface area contributed by atoms with E-state index in [0.717, 1.165) is 25.5 Å². The molecule has 1 atom stereocenters. The van der Waals surface area contributed by atoms with Gasteiger partial charge in [0.1, 0.15) is 5.69 Å². The average Bonchev–Trinajstić information content (AvgIpc) is 3.06. The number of carbonyl (C=O) groups excluding carboxylic acids is 1. The number of imidazole rings is 2. The monoisotopic (exact) mass is 274 g/mol. The number of hydrogen-bond acceptors (Lipinski definition) is 4. The van der Waals surface area contributed by atoms with Crippen LogP contribution in [0.5, 0.6) is 0 Å². The molecule has 2 aromatic rings. The van der Waals surface area contributed by atoms with Gasteiger partial charge in [-0.3, -0.25) is 4.79 Å². The van der Waals surface area contributed by atoms with Crippen molar-refractivity contribution in [2.45, 2.75) is 32.5 Å². The molecular weight excluding hydrogens is 256 g/mol. The first-order valence-electron chi connectivity index (χ1n) is 6.80. The summed E-state index contributed by atoms with van der Waals surface area (Å²) in [5.41, 5.74) is 0.465. The summed E-state index contributed by atoms with van der Waals surface area (Å²) in [6, 6.07) is 0.0170. The highest BCUT2D eigenvalue weighted by atomic mass is 16.2. The molecule has 0 radical (unpaired) electrons. The molecule has 1 aliphatic rings. The zero-order valence-corrected chi connectivity index (χ0v) is 11.4. The standard InChI is InChI=1S/C13H18N6O/c1-10(7-18-6-4-14-9-18)16-12(20)11-8-19-5-2-3-15-13(19)17-11/h4,6,8-10H,2-3,5,7H2,1H3,(H,15,17)(H,16,20). The molecule has 0 bridgehead atoms. The second-order valence-electron chi connectivity index (χ2n) is 5.06. The quantitative estimate of drug-likeness (QED) is 0.861. The van der Waals surface area contributed by atoms with E-state index >= 15 is 0 Å². The Morgan fingerprint density at radius 2 is 2.50 bits per heavy atom. The fraction of sp³-hybridized carbons (Fsp3) is 0.462. The van der Waals surface area contributed by atoms with Crippen LogP contribution < -0.4 is 10.6 Å². The van der Waals surface area contributed by atoms with Crippen LogP contribution in [0.4, 0.5) is 5.95 Å². The van der Waals surface area contributed by atoms with Gasteiger partial charge in [0.2, 0.25) is 5.95 Å². The van der Waals surface area contributed by atoms with Crippen molar-refractivity contribution in [2.75, 3.05) is 11.9 Å². The minimum atomic E-state index is -0.138. The van der Waals surface area contributed by atoms with E-state index in [2.05, 4.69) is 20.6 Å². The molecule has 0 spiro atoms. The van der Waals surface area contributed by atoms with Gasteiger partial charge in [-0.25, -0.2) is 9.97 Å². The van der Waals surface area contributed by atoms with Crippen molar-refractivity contribution < 1.29 is 4.79 Å². The molecular formula is C13H18N6O. The Kier molecular flexibility index (Phi) is 3.41. The van der Waals surface area contributed by atoms with Crippen LogP contribution in [-0.4, -0.2) is 37.6 Å². The summed E-state index contributed by atoms with van der Waals surface area (Å²) in [6.07, 6.45) is 8.20. The van der Waals surface area contributed by atoms with Gasteiger partial charge in [0, 0.05) is 44.3 Å². The van der Waals surface area contributed by atoms with E-state index in [4.69, 9.17) is 0 Å². The highest BCUT2D eigenvalue weighted by molar-refractivity contribution is 5.92. The number of fused-ring (bicyclic) bond motifs is 1. The summed E-state index contributed by atoms with van der Waals surface area (Å²) in [5, 5.41) is 6.14. The third-order valence-electron chi connectivity index (χ3n) is 3.29. The van der Waals surface area contributed by atoms with E-state index in [1.54, 1.807) is 18.7 Å². The lowest BCUT2D eigenvalue weighted by molar-refractivity contribution is 0.0932. The van der Waals surface area contributed by atoms with Crippen molar-refractivity contribution >= 4 is 11.9 Å². The van der Waals surface area contributed by atoms with E-state index in [9.17, 15) is 4.79 Å². The van der Waals surface area contributed by atoms with Gasteiger partial charge in [0.25, 0.3) is 5.91 Å². The molecule has 2 N–H and O–H groups in total. The SMILES string of the molecule is CC(Cn1ccnc1)NC(=O)c1cn2c(n1)NCCC2. The molecule has 1 amide bonds. The number of rotatable bonds is 4. The number of hydrogen-bond donors (Lipinski definition) is 2. The van der Waals surface area contributed by atoms with Crippen molar-refractivity contribution in [3.63, 3.8) is 0 Å². The molecule has 0 fully saturated rings. The summed E-state index contributed by atoms with van der Waals surface area (Å²) in [5.74, 6) is 0.643. The molecule has 0 saturated heterocycles. The van der Waals surface area contributed by atoms with Gasteiger partial charge in [-0.05, 0) is 13.3 Å². The summed E-state index contributed by atoms with van der Waals surface area (Å²) in [6.45, 7) is 4.48. The number of nitrogens with one attached hydrogen (secondary N) is 2. The Balaban J connectivity index is 1.62. The maximum atomic E-state index is 12.2. The van der Waals surface area contributed by atoms with Crippen molar-refractivity contribution in [1.82, 2.24) is 24.4 Å². The minimum Gasteiger partial charge on any atom is -0.356 e. The average molecular weight is 274 g/mol. The van der Waals surface area contributed by atoms with Crippen LogP contribution in [0.1, 0.15) is 23.8 Å². The Bertz CT molecular complexity index is 565. The van der Waals surface area contributed by atoms with Crippen LogP contribution in [0, 0.1) is 0 Å². The number of nitrogens with zero attached hydrogens (tertiary/aromatic N) is 4. The smallest absolute Gasteiger partial charge is 0.271 e. The van der Waals surface area contributed by atoms with E-state index < -0.39 is 0 Å². The molecule has 3 rings (SSSR count). The van der Waals surface area contributed by atoms with Gasteiger partial charge in [0.15, 0.2) is 0 Å². The Morgan fingerprint density at radius 1 is 1.60 bits per heavy atom. The van der Waals surface area contributed by atoms with E-state index in [0.29, 0.717) is 12.2 Å². The zero-order chi connectivity index (χ0) is 13.9. The maximum absolute atomic E-state index is 12.2. The summed E-state index contributed by atoms with van der Waals surface area (Å²) < 4.78 is 3.92. The zero-order valence-electron chi connectivity index (χ0n) is 11.4. The van der Waals surface area contributed by atoms with Gasteiger partial charge in [-0.15, -0.1) is 0 Å². The molecule has 7 heteroatoms. The molecule has 20 heavy (non-hydrogen) atoms. The lowest BCUT2D eigenvalue weighted by Gasteiger charge is -2.14. The van der Waals surface area contributed by atoms with Crippen molar-refractivity contribution in [3.8, 4) is 0 Å². The van der Waals surface area contributed by atoms with Crippen LogP contribution in [0.2, 0.25) is 0 Å². The van der Waals surface area contributed by atoms with Crippen LogP contribution in [0.25, 0.3) is 0 Å². The number of carbonyl (C=O) groups is 1. The second-order valence-corrected chi connectivity index (χ2v) is 5.06. The molecule has 0 saturated carbocycles. The fourth-order valence-electron chi connectivity index (χ4n) is 2.34. The first-order valence-corrected chi connectivity index (χ1v) is 6.80. The van der Waals surface area contributed by atoms with Gasteiger partial charge in [0.05, 0.1) is 6.33 Å². The largest absolute Gasteiger partial charge is 0.356 e. The molecule has 0 aromatic carbocycles. The Labute approximate surface area is 117 Å². The predicted octanol–water partition coefficient (Wildman–Crippen LogP) is 0.714. The lowest BCUT2D eigenvalue weighted by Crippen LogP contribution is -2.35. The van der Waals surface area contributed by atoms with Crippen molar-refractivity contribution in [1.29, 1.82) is 0 Å². The van der Waals surface area contributed by atoms with Crippen molar-refractivity contribution in [2.24, 2.45) is 0 Å². The lowest BCUT2D eigenvalue weighted by atomic mass is 10.3. The molecule has 106 valence electrons. The highest BCUT2D eigenvalue weighted by Gasteiger charge is 2.17. The Morgan fingerprint density at radius 3 is 3.25 bits per heavy atom. The molecule has 3 heterocycles. The van der Waals surface area contributed by atoms with Crippen LogP contribution in [0.15, 0.2) is 24.9 Å². The summed E-state index contributed by atoms with van der Waals surface area (Å²) in [7, 11) is 0. The molecule has 2 aromatic heterocycles. The number of aryl methyl sites for hydroxylation is 1. The predicted molar refractivity (Wildman–Crippen MR) is 74.5 cm³/mol. The topological polar surface area (TPSA) is 76.8 Å². The van der Waals surface area contributed by atoms with Crippen LogP contribution in [-0.2, 0) is 13.1 Å². The van der Waals surface area contributed by atoms with Crippen LogP contribution >= 0.6 is 0 Å². The van der Waals surface area contributed by atoms with Crippen LogP contribution in [0.3, 0.4) is 0 Å². The van der Waals surface area contributed by atoms with E-state index in [-0.39, 0.29) is 11.9 Å². The Hall–Kier alpha value is -2.31. The molecule has 0 aliphatic carbocycles. The number of amides is 1. The maximum Gasteiger partial charge on any atom is 0.271 e.